The topological polar surface area (TPSA) is 99.6 Å². The average Bonchev–Trinajstić information content (AvgIpc) is 3.25. The normalized spacial score (nSPS) is 23.1. The van der Waals surface area contributed by atoms with Crippen molar-refractivity contribution in [3.63, 3.8) is 0 Å². The van der Waals surface area contributed by atoms with Crippen LogP contribution >= 0.6 is 0 Å². The SMILES string of the molecule is CCS(=O)(=O)c1ccc([C@H](CO)NC(=O)c2ccc3c(c2)CN(CC2CCC(C)CC2)[C@@H]3C(C)C)nc1. The van der Waals surface area contributed by atoms with Crippen molar-refractivity contribution in [2.75, 3.05) is 18.9 Å². The zero-order valence-corrected chi connectivity index (χ0v) is 23.3. The average molecular weight is 528 g/mol. The smallest absolute Gasteiger partial charge is 0.251 e. The summed E-state index contributed by atoms with van der Waals surface area (Å²) in [7, 11) is -3.36. The molecule has 1 aromatic heterocycles. The molecule has 0 bridgehead atoms. The third kappa shape index (κ3) is 6.24. The summed E-state index contributed by atoms with van der Waals surface area (Å²) >= 11 is 0. The summed E-state index contributed by atoms with van der Waals surface area (Å²) in [6, 6.07) is 8.60. The van der Waals surface area contributed by atoms with Crippen molar-refractivity contribution in [1.82, 2.24) is 15.2 Å². The number of pyridine rings is 1. The number of benzene rings is 1. The maximum atomic E-state index is 13.1. The highest BCUT2D eigenvalue weighted by atomic mass is 32.2. The van der Waals surface area contributed by atoms with E-state index in [0.717, 1.165) is 24.9 Å². The molecule has 2 heterocycles. The number of hydrogen-bond donors (Lipinski definition) is 2. The van der Waals surface area contributed by atoms with Crippen molar-refractivity contribution < 1.29 is 18.3 Å². The van der Waals surface area contributed by atoms with E-state index in [9.17, 15) is 18.3 Å². The lowest BCUT2D eigenvalue weighted by molar-refractivity contribution is 0.0914. The van der Waals surface area contributed by atoms with Gasteiger partial charge in [0.15, 0.2) is 9.84 Å². The maximum Gasteiger partial charge on any atom is 0.251 e. The Bertz CT molecular complexity index is 1190. The Morgan fingerprint density at radius 3 is 2.49 bits per heavy atom. The first-order valence-corrected chi connectivity index (χ1v) is 15.3. The molecule has 0 unspecified atom stereocenters. The molecule has 0 spiro atoms. The van der Waals surface area contributed by atoms with Crippen LogP contribution < -0.4 is 5.32 Å². The number of fused-ring (bicyclic) bond motifs is 1. The van der Waals surface area contributed by atoms with E-state index in [1.54, 1.807) is 13.0 Å². The van der Waals surface area contributed by atoms with Gasteiger partial charge in [0.05, 0.1) is 29.0 Å². The summed E-state index contributed by atoms with van der Waals surface area (Å²) in [5, 5.41) is 12.8. The first kappa shape index (κ1) is 27.7. The van der Waals surface area contributed by atoms with Crippen LogP contribution in [0.15, 0.2) is 41.4 Å². The van der Waals surface area contributed by atoms with E-state index in [0.29, 0.717) is 23.2 Å². The fourth-order valence-electron chi connectivity index (χ4n) is 5.89. The van der Waals surface area contributed by atoms with Crippen molar-refractivity contribution in [1.29, 1.82) is 0 Å². The highest BCUT2D eigenvalue weighted by molar-refractivity contribution is 7.91. The summed E-state index contributed by atoms with van der Waals surface area (Å²) in [4.78, 5) is 20.1. The number of hydrogen-bond acceptors (Lipinski definition) is 6. The van der Waals surface area contributed by atoms with Crippen LogP contribution in [0.25, 0.3) is 0 Å². The Morgan fingerprint density at radius 2 is 1.89 bits per heavy atom. The lowest BCUT2D eigenvalue weighted by Gasteiger charge is -2.34. The van der Waals surface area contributed by atoms with E-state index in [2.05, 4.69) is 42.0 Å². The molecule has 1 amide bonds. The molecule has 1 aliphatic carbocycles. The van der Waals surface area contributed by atoms with Gasteiger partial charge in [0, 0.05) is 30.9 Å². The van der Waals surface area contributed by atoms with Gasteiger partial charge in [-0.3, -0.25) is 14.7 Å². The van der Waals surface area contributed by atoms with Gasteiger partial charge in [-0.2, -0.15) is 0 Å². The second-order valence-electron chi connectivity index (χ2n) is 11.2. The van der Waals surface area contributed by atoms with Gasteiger partial charge in [-0.1, -0.05) is 46.6 Å². The minimum Gasteiger partial charge on any atom is -0.394 e. The first-order valence-electron chi connectivity index (χ1n) is 13.6. The molecule has 202 valence electrons. The van der Waals surface area contributed by atoms with E-state index in [1.165, 1.54) is 49.1 Å². The van der Waals surface area contributed by atoms with Gasteiger partial charge < -0.3 is 10.4 Å². The summed E-state index contributed by atoms with van der Waals surface area (Å²) in [5.41, 5.74) is 3.48. The van der Waals surface area contributed by atoms with Crippen LogP contribution in [0.2, 0.25) is 0 Å². The maximum absolute atomic E-state index is 13.1. The van der Waals surface area contributed by atoms with Crippen LogP contribution in [-0.4, -0.2) is 48.2 Å². The van der Waals surface area contributed by atoms with E-state index in [4.69, 9.17) is 0 Å². The largest absolute Gasteiger partial charge is 0.394 e. The second-order valence-corrected chi connectivity index (χ2v) is 13.5. The zero-order valence-electron chi connectivity index (χ0n) is 22.5. The number of aliphatic hydroxyl groups excluding tert-OH is 1. The number of nitrogens with zero attached hydrogens (tertiary/aromatic N) is 2. The third-order valence-corrected chi connectivity index (χ3v) is 9.81. The molecular formula is C29H41N3O4S. The van der Waals surface area contributed by atoms with E-state index in [1.807, 2.05) is 12.1 Å². The molecule has 8 heteroatoms. The molecule has 2 aromatic rings. The van der Waals surface area contributed by atoms with Crippen LogP contribution in [0.4, 0.5) is 0 Å². The van der Waals surface area contributed by atoms with Gasteiger partial charge in [0.1, 0.15) is 0 Å². The van der Waals surface area contributed by atoms with Gasteiger partial charge in [-0.15, -0.1) is 0 Å². The number of rotatable bonds is 9. The van der Waals surface area contributed by atoms with Gasteiger partial charge in [-0.05, 0) is 66.0 Å². The highest BCUT2D eigenvalue weighted by Gasteiger charge is 2.34. The predicted octanol–water partition coefficient (Wildman–Crippen LogP) is 4.68. The molecule has 2 aliphatic rings. The molecule has 1 aliphatic heterocycles. The molecule has 1 saturated carbocycles. The standard InChI is InChI=1S/C29H41N3O4S/c1-5-37(35,36)24-11-13-26(30-15-24)27(18-33)31-29(34)22-10-12-25-23(14-22)17-32(28(25)19(2)3)16-21-8-6-20(4)7-9-21/h10-15,19-21,27-28,33H,5-9,16-18H2,1-4H3,(H,31,34)/t20?,21?,27-,28+/m0/s1. The summed E-state index contributed by atoms with van der Waals surface area (Å²) in [6.45, 7) is 10.1. The molecule has 2 N–H and O–H groups in total. The monoisotopic (exact) mass is 527 g/mol. The Kier molecular flexibility index (Phi) is 8.71. The molecule has 0 radical (unpaired) electrons. The van der Waals surface area contributed by atoms with E-state index in [-0.39, 0.29) is 23.2 Å². The van der Waals surface area contributed by atoms with Gasteiger partial charge in [0.2, 0.25) is 0 Å². The van der Waals surface area contributed by atoms with E-state index >= 15 is 0 Å². The Hall–Kier alpha value is -2.29. The van der Waals surface area contributed by atoms with Crippen LogP contribution in [0.5, 0.6) is 0 Å². The van der Waals surface area contributed by atoms with Crippen LogP contribution in [0, 0.1) is 17.8 Å². The third-order valence-electron chi connectivity index (χ3n) is 8.09. The summed E-state index contributed by atoms with van der Waals surface area (Å²) < 4.78 is 24.1. The number of nitrogens with one attached hydrogen (secondary N) is 1. The molecule has 1 aromatic carbocycles. The van der Waals surface area contributed by atoms with Gasteiger partial charge in [-0.25, -0.2) is 8.42 Å². The lowest BCUT2D eigenvalue weighted by atomic mass is 9.82. The Balaban J connectivity index is 1.47. The molecule has 7 nitrogen and oxygen atoms in total. The molecule has 0 saturated heterocycles. The minimum atomic E-state index is -3.36. The summed E-state index contributed by atoms with van der Waals surface area (Å²) in [6.07, 6.45) is 6.52. The number of carbonyl (C=O) groups is 1. The number of carbonyl (C=O) groups excluding carboxylic acids is 1. The van der Waals surface area contributed by atoms with Crippen molar-refractivity contribution >= 4 is 15.7 Å². The molecule has 4 rings (SSSR count). The fourth-order valence-corrected chi connectivity index (χ4v) is 6.71. The Labute approximate surface area is 221 Å². The van der Waals surface area contributed by atoms with Gasteiger partial charge >= 0.3 is 0 Å². The van der Waals surface area contributed by atoms with Crippen molar-refractivity contribution in [2.24, 2.45) is 17.8 Å². The number of aliphatic hydroxyl groups is 1. The van der Waals surface area contributed by atoms with Crippen LogP contribution in [-0.2, 0) is 16.4 Å². The number of amides is 1. The molecular weight excluding hydrogens is 486 g/mol. The van der Waals surface area contributed by atoms with Crippen LogP contribution in [0.1, 0.15) is 92.6 Å². The van der Waals surface area contributed by atoms with Gasteiger partial charge in [0.25, 0.3) is 5.91 Å². The van der Waals surface area contributed by atoms with Crippen molar-refractivity contribution in [3.05, 3.63) is 58.9 Å². The fraction of sp³-hybridized carbons (Fsp3) is 0.586. The number of sulfone groups is 1. The first-order chi connectivity index (χ1) is 17.6. The zero-order chi connectivity index (χ0) is 26.7. The molecule has 37 heavy (non-hydrogen) atoms. The lowest BCUT2D eigenvalue weighted by Crippen LogP contribution is -2.32. The van der Waals surface area contributed by atoms with Crippen molar-refractivity contribution in [3.8, 4) is 0 Å². The second kappa shape index (κ2) is 11.6. The van der Waals surface area contributed by atoms with Crippen LogP contribution in [0.3, 0.4) is 0 Å². The minimum absolute atomic E-state index is 0.0124. The molecule has 1 fully saturated rings. The predicted molar refractivity (Wildman–Crippen MR) is 145 cm³/mol. The van der Waals surface area contributed by atoms with Crippen molar-refractivity contribution in [2.45, 2.75) is 76.9 Å². The van der Waals surface area contributed by atoms with E-state index < -0.39 is 15.9 Å². The Morgan fingerprint density at radius 1 is 1.16 bits per heavy atom. The highest BCUT2D eigenvalue weighted by Crippen LogP contribution is 2.41. The summed E-state index contributed by atoms with van der Waals surface area (Å²) in [5.74, 6) is 1.77. The quantitative estimate of drug-likeness (QED) is 0.491. The molecule has 2 atom stereocenters. The number of aromatic nitrogens is 1.